The van der Waals surface area contributed by atoms with Crippen molar-refractivity contribution in [2.75, 3.05) is 19.0 Å². The van der Waals surface area contributed by atoms with Crippen molar-refractivity contribution in [3.8, 4) is 0 Å². The van der Waals surface area contributed by atoms with Crippen molar-refractivity contribution in [1.82, 2.24) is 4.72 Å². The van der Waals surface area contributed by atoms with Crippen LogP contribution in [0.2, 0.25) is 0 Å². The van der Waals surface area contributed by atoms with E-state index < -0.39 is 21.7 Å². The first-order valence-corrected chi connectivity index (χ1v) is 6.64. The summed E-state index contributed by atoms with van der Waals surface area (Å²) in [6, 6.07) is 0. The summed E-state index contributed by atoms with van der Waals surface area (Å²) in [6.07, 6.45) is -0.751. The molecule has 5 nitrogen and oxygen atoms in total. The third-order valence-electron chi connectivity index (χ3n) is 2.16. The molecule has 0 saturated carbocycles. The predicted octanol–water partition coefficient (Wildman–Crippen LogP) is 0.102. The topological polar surface area (TPSA) is 75.6 Å². The van der Waals surface area contributed by atoms with Crippen LogP contribution in [0.15, 0.2) is 0 Å². The van der Waals surface area contributed by atoms with E-state index in [9.17, 15) is 13.5 Å². The second-order valence-corrected chi connectivity index (χ2v) is 5.86. The van der Waals surface area contributed by atoms with Gasteiger partial charge >= 0.3 is 0 Å². The minimum Gasteiger partial charge on any atom is -0.391 e. The highest BCUT2D eigenvalue weighted by Crippen LogP contribution is 2.10. The molecule has 0 heterocycles. The third-order valence-corrected chi connectivity index (χ3v) is 3.70. The molecular weight excluding hydrogens is 218 g/mol. The Morgan fingerprint density at radius 1 is 1.47 bits per heavy atom. The number of hydrogen-bond donors (Lipinski definition) is 2. The maximum atomic E-state index is 11.5. The highest BCUT2D eigenvalue weighted by atomic mass is 32.2. The number of aliphatic hydroxyl groups excluding tert-OH is 1. The van der Waals surface area contributed by atoms with Gasteiger partial charge < -0.3 is 9.84 Å². The number of hydrogen-bond acceptors (Lipinski definition) is 4. The number of rotatable bonds is 7. The van der Waals surface area contributed by atoms with Crippen LogP contribution in [0.25, 0.3) is 0 Å². The molecule has 0 fully saturated rings. The van der Waals surface area contributed by atoms with Crippen LogP contribution in [-0.2, 0) is 14.8 Å². The smallest absolute Gasteiger partial charge is 0.214 e. The molecule has 0 aromatic heterocycles. The van der Waals surface area contributed by atoms with Gasteiger partial charge in [0.25, 0.3) is 0 Å². The fourth-order valence-corrected chi connectivity index (χ4v) is 2.26. The molecule has 0 rings (SSSR count). The predicted molar refractivity (Wildman–Crippen MR) is 59.2 cm³/mol. The summed E-state index contributed by atoms with van der Waals surface area (Å²) in [7, 11) is -3.39. The summed E-state index contributed by atoms with van der Waals surface area (Å²) in [5.41, 5.74) is -0.856. The van der Waals surface area contributed by atoms with Crippen molar-refractivity contribution in [1.29, 1.82) is 0 Å². The van der Waals surface area contributed by atoms with Crippen molar-refractivity contribution in [2.45, 2.75) is 39.3 Å². The summed E-state index contributed by atoms with van der Waals surface area (Å²) in [4.78, 5) is 0. The van der Waals surface area contributed by atoms with Gasteiger partial charge in [-0.2, -0.15) is 0 Å². The molecule has 92 valence electrons. The number of sulfonamides is 1. The number of ether oxygens (including phenoxy) is 1. The maximum Gasteiger partial charge on any atom is 0.214 e. The Balaban J connectivity index is 4.26. The number of aliphatic hydroxyl groups is 1. The lowest BCUT2D eigenvalue weighted by atomic mass is 10.0. The van der Waals surface area contributed by atoms with E-state index in [4.69, 9.17) is 4.74 Å². The number of nitrogens with one attached hydrogen (secondary N) is 1. The molecule has 0 aliphatic carbocycles. The van der Waals surface area contributed by atoms with E-state index in [1.54, 1.807) is 27.7 Å². The van der Waals surface area contributed by atoms with Crippen LogP contribution in [0.3, 0.4) is 0 Å². The molecule has 15 heavy (non-hydrogen) atoms. The van der Waals surface area contributed by atoms with Crippen LogP contribution in [0.1, 0.15) is 27.7 Å². The molecule has 0 aliphatic rings. The monoisotopic (exact) mass is 239 g/mol. The lowest BCUT2D eigenvalue weighted by Crippen LogP contribution is -2.51. The van der Waals surface area contributed by atoms with Crippen LogP contribution < -0.4 is 4.72 Å². The molecule has 6 heteroatoms. The SMILES string of the molecule is CCOCCS(=O)(=O)NC(C)(C)C(C)O. The lowest BCUT2D eigenvalue weighted by molar-refractivity contribution is 0.111. The average molecular weight is 239 g/mol. The molecular formula is C9H21NO4S. The minimum absolute atomic E-state index is 0.0863. The van der Waals surface area contributed by atoms with Crippen LogP contribution in [0.5, 0.6) is 0 Å². The van der Waals surface area contributed by atoms with Crippen molar-refractivity contribution in [2.24, 2.45) is 0 Å². The van der Waals surface area contributed by atoms with E-state index in [2.05, 4.69) is 4.72 Å². The molecule has 1 unspecified atom stereocenters. The Kier molecular flexibility index (Phi) is 5.72. The third kappa shape index (κ3) is 6.09. The van der Waals surface area contributed by atoms with Crippen LogP contribution >= 0.6 is 0 Å². The summed E-state index contributed by atoms with van der Waals surface area (Å²) in [6.45, 7) is 7.29. The zero-order chi connectivity index (χ0) is 12.1. The fraction of sp³-hybridized carbons (Fsp3) is 1.00. The molecule has 0 aliphatic heterocycles. The van der Waals surface area contributed by atoms with Gasteiger partial charge in [0.15, 0.2) is 0 Å². The van der Waals surface area contributed by atoms with E-state index >= 15 is 0 Å². The fourth-order valence-electron chi connectivity index (χ4n) is 0.850. The average Bonchev–Trinajstić information content (AvgIpc) is 2.01. The van der Waals surface area contributed by atoms with Crippen molar-refractivity contribution in [3.05, 3.63) is 0 Å². The highest BCUT2D eigenvalue weighted by Gasteiger charge is 2.29. The summed E-state index contributed by atoms with van der Waals surface area (Å²) >= 11 is 0. The minimum atomic E-state index is -3.39. The van der Waals surface area contributed by atoms with E-state index in [0.717, 1.165) is 0 Å². The molecule has 0 aromatic carbocycles. The molecule has 0 bridgehead atoms. The van der Waals surface area contributed by atoms with E-state index in [0.29, 0.717) is 6.61 Å². The Hall–Kier alpha value is -0.170. The lowest BCUT2D eigenvalue weighted by Gasteiger charge is -2.28. The van der Waals surface area contributed by atoms with Gasteiger partial charge in [-0.05, 0) is 27.7 Å². The Morgan fingerprint density at radius 3 is 2.40 bits per heavy atom. The van der Waals surface area contributed by atoms with Gasteiger partial charge in [0.05, 0.1) is 24.0 Å². The van der Waals surface area contributed by atoms with E-state index in [-0.39, 0.29) is 12.4 Å². The largest absolute Gasteiger partial charge is 0.391 e. The van der Waals surface area contributed by atoms with Gasteiger partial charge in [-0.25, -0.2) is 13.1 Å². The highest BCUT2D eigenvalue weighted by molar-refractivity contribution is 7.89. The summed E-state index contributed by atoms with van der Waals surface area (Å²) in [5, 5.41) is 9.36. The van der Waals surface area contributed by atoms with Crippen molar-refractivity contribution < 1.29 is 18.3 Å². The Labute approximate surface area is 91.9 Å². The van der Waals surface area contributed by atoms with Gasteiger partial charge in [-0.3, -0.25) is 0 Å². The van der Waals surface area contributed by atoms with Crippen LogP contribution in [-0.4, -0.2) is 44.1 Å². The second kappa shape index (κ2) is 5.79. The first-order valence-electron chi connectivity index (χ1n) is 4.98. The molecule has 0 amide bonds. The van der Waals surface area contributed by atoms with Crippen LogP contribution in [0, 0.1) is 0 Å². The Bertz CT molecular complexity index is 272. The van der Waals surface area contributed by atoms with Gasteiger partial charge in [0.2, 0.25) is 10.0 Å². The van der Waals surface area contributed by atoms with E-state index in [1.165, 1.54) is 0 Å². The molecule has 0 spiro atoms. The molecule has 2 N–H and O–H groups in total. The summed E-state index contributed by atoms with van der Waals surface area (Å²) in [5.74, 6) is -0.0863. The van der Waals surface area contributed by atoms with Crippen molar-refractivity contribution >= 4 is 10.0 Å². The van der Waals surface area contributed by atoms with Crippen molar-refractivity contribution in [3.63, 3.8) is 0 Å². The van der Waals surface area contributed by atoms with Gasteiger partial charge in [-0.1, -0.05) is 0 Å². The Morgan fingerprint density at radius 2 is 2.00 bits per heavy atom. The normalized spacial score (nSPS) is 15.3. The molecule has 0 aromatic rings. The van der Waals surface area contributed by atoms with Gasteiger partial charge in [0.1, 0.15) is 0 Å². The quantitative estimate of drug-likeness (QED) is 0.618. The van der Waals surface area contributed by atoms with Crippen LogP contribution in [0.4, 0.5) is 0 Å². The maximum absolute atomic E-state index is 11.5. The molecule has 0 saturated heterocycles. The van der Waals surface area contributed by atoms with E-state index in [1.807, 2.05) is 0 Å². The molecule has 1 atom stereocenters. The van der Waals surface area contributed by atoms with Gasteiger partial charge in [-0.15, -0.1) is 0 Å². The first kappa shape index (κ1) is 14.8. The zero-order valence-corrected chi connectivity index (χ0v) is 10.6. The zero-order valence-electron chi connectivity index (χ0n) is 9.78. The summed E-state index contributed by atoms with van der Waals surface area (Å²) < 4.78 is 30.4. The standard InChI is InChI=1S/C9H21NO4S/c1-5-14-6-7-15(12,13)10-9(3,4)8(2)11/h8,10-11H,5-7H2,1-4H3. The van der Waals surface area contributed by atoms with Gasteiger partial charge in [0, 0.05) is 6.61 Å². The molecule has 0 radical (unpaired) electrons. The second-order valence-electron chi connectivity index (χ2n) is 4.02. The first-order chi connectivity index (χ1) is 6.71.